The molecular weight excluding hydrogens is 366 g/mol. The number of aromatic nitrogens is 2. The van der Waals surface area contributed by atoms with Crippen molar-refractivity contribution in [3.8, 4) is 0 Å². The summed E-state index contributed by atoms with van der Waals surface area (Å²) in [5.74, 6) is -1.31. The van der Waals surface area contributed by atoms with Gasteiger partial charge in [-0.2, -0.15) is 13.2 Å². The van der Waals surface area contributed by atoms with Gasteiger partial charge >= 0.3 is 6.18 Å². The summed E-state index contributed by atoms with van der Waals surface area (Å²) >= 11 is 11.5. The molecule has 0 bridgehead atoms. The fourth-order valence-corrected chi connectivity index (χ4v) is 2.88. The van der Waals surface area contributed by atoms with Gasteiger partial charge in [-0.05, 0) is 36.1 Å². The van der Waals surface area contributed by atoms with Gasteiger partial charge in [-0.1, -0.05) is 23.2 Å². The molecule has 0 spiro atoms. The summed E-state index contributed by atoms with van der Waals surface area (Å²) in [6.45, 7) is 0. The number of anilines is 1. The zero-order chi connectivity index (χ0) is 17.5. The van der Waals surface area contributed by atoms with E-state index in [0.717, 1.165) is 6.07 Å². The number of alkyl halides is 3. The standard InChI is InChI=1S/C15H10Cl2F3N3O/c16-7-1-2-11(15(18,19)20)9(3-7)8-4-10(8)14(24)23-13-5-12(17)21-6-22-13/h1-3,5-6,8,10H,4H2,(H,21,22,23,24)/t8-,10+/m1/s1. The first-order chi connectivity index (χ1) is 11.3. The first kappa shape index (κ1) is 17.0. The molecule has 1 saturated carbocycles. The van der Waals surface area contributed by atoms with E-state index < -0.39 is 29.5 Å². The quantitative estimate of drug-likeness (QED) is 0.800. The summed E-state index contributed by atoms with van der Waals surface area (Å²) in [4.78, 5) is 19.7. The van der Waals surface area contributed by atoms with Crippen LogP contribution in [-0.2, 0) is 11.0 Å². The van der Waals surface area contributed by atoms with Gasteiger partial charge in [0.1, 0.15) is 17.3 Å². The van der Waals surface area contributed by atoms with Gasteiger partial charge in [-0.15, -0.1) is 0 Å². The molecule has 4 nitrogen and oxygen atoms in total. The molecule has 1 aromatic carbocycles. The summed E-state index contributed by atoms with van der Waals surface area (Å²) in [7, 11) is 0. The van der Waals surface area contributed by atoms with Crippen molar-refractivity contribution in [2.45, 2.75) is 18.5 Å². The predicted octanol–water partition coefficient (Wildman–Crippen LogP) is 4.54. The highest BCUT2D eigenvalue weighted by molar-refractivity contribution is 6.30. The predicted molar refractivity (Wildman–Crippen MR) is 83.0 cm³/mol. The lowest BCUT2D eigenvalue weighted by molar-refractivity contribution is -0.138. The van der Waals surface area contributed by atoms with E-state index in [-0.39, 0.29) is 21.6 Å². The molecule has 1 aromatic heterocycles. The second-order valence-electron chi connectivity index (χ2n) is 5.39. The Hall–Kier alpha value is -1.86. The van der Waals surface area contributed by atoms with Crippen molar-refractivity contribution < 1.29 is 18.0 Å². The molecule has 0 unspecified atom stereocenters. The van der Waals surface area contributed by atoms with Crippen LogP contribution in [0.5, 0.6) is 0 Å². The number of carbonyl (C=O) groups excluding carboxylic acids is 1. The maximum absolute atomic E-state index is 13.1. The minimum Gasteiger partial charge on any atom is -0.310 e. The van der Waals surface area contributed by atoms with Crippen molar-refractivity contribution in [3.05, 3.63) is 51.9 Å². The molecule has 1 fully saturated rings. The number of benzene rings is 1. The molecule has 2 atom stereocenters. The second kappa shape index (κ2) is 6.22. The number of rotatable bonds is 3. The van der Waals surface area contributed by atoms with E-state index >= 15 is 0 Å². The van der Waals surface area contributed by atoms with Crippen molar-refractivity contribution >= 4 is 34.9 Å². The van der Waals surface area contributed by atoms with Gasteiger partial charge in [0.15, 0.2) is 0 Å². The van der Waals surface area contributed by atoms with Crippen LogP contribution in [0, 0.1) is 5.92 Å². The Labute approximate surface area is 145 Å². The van der Waals surface area contributed by atoms with Gasteiger partial charge < -0.3 is 5.32 Å². The third-order valence-corrected chi connectivity index (χ3v) is 4.17. The highest BCUT2D eigenvalue weighted by atomic mass is 35.5. The minimum absolute atomic E-state index is 0.0378. The summed E-state index contributed by atoms with van der Waals surface area (Å²) in [6, 6.07) is 4.75. The van der Waals surface area contributed by atoms with E-state index in [1.54, 1.807) is 0 Å². The fourth-order valence-electron chi connectivity index (χ4n) is 2.55. The SMILES string of the molecule is O=C(Nc1cc(Cl)ncn1)[C@H]1C[C@@H]1c1cc(Cl)ccc1C(F)(F)F. The number of carbonyl (C=O) groups is 1. The van der Waals surface area contributed by atoms with E-state index in [0.29, 0.717) is 6.42 Å². The Morgan fingerprint density at radius 3 is 2.62 bits per heavy atom. The number of hydrogen-bond donors (Lipinski definition) is 1. The van der Waals surface area contributed by atoms with Gasteiger partial charge in [-0.25, -0.2) is 9.97 Å². The third-order valence-electron chi connectivity index (χ3n) is 3.73. The summed E-state index contributed by atoms with van der Waals surface area (Å²) in [6.07, 6.45) is -3.00. The molecule has 0 radical (unpaired) electrons. The lowest BCUT2D eigenvalue weighted by Gasteiger charge is -2.13. The zero-order valence-electron chi connectivity index (χ0n) is 11.9. The normalized spacial score (nSPS) is 19.9. The minimum atomic E-state index is -4.50. The fraction of sp³-hybridized carbons (Fsp3) is 0.267. The van der Waals surface area contributed by atoms with Crippen molar-refractivity contribution in [3.63, 3.8) is 0 Å². The zero-order valence-corrected chi connectivity index (χ0v) is 13.5. The molecule has 1 N–H and O–H groups in total. The van der Waals surface area contributed by atoms with E-state index in [1.807, 2.05) is 0 Å². The van der Waals surface area contributed by atoms with Crippen molar-refractivity contribution in [1.82, 2.24) is 9.97 Å². The molecule has 3 rings (SSSR count). The Morgan fingerprint density at radius 2 is 1.96 bits per heavy atom. The molecular formula is C15H10Cl2F3N3O. The van der Waals surface area contributed by atoms with Crippen LogP contribution in [0.25, 0.3) is 0 Å². The number of hydrogen-bond acceptors (Lipinski definition) is 3. The molecule has 1 heterocycles. The smallest absolute Gasteiger partial charge is 0.310 e. The van der Waals surface area contributed by atoms with Crippen LogP contribution in [-0.4, -0.2) is 15.9 Å². The van der Waals surface area contributed by atoms with Gasteiger partial charge in [0.2, 0.25) is 5.91 Å². The molecule has 1 aliphatic rings. The van der Waals surface area contributed by atoms with Gasteiger partial charge in [0.25, 0.3) is 0 Å². The van der Waals surface area contributed by atoms with E-state index in [1.165, 1.54) is 24.5 Å². The van der Waals surface area contributed by atoms with Crippen molar-refractivity contribution in [2.75, 3.05) is 5.32 Å². The summed E-state index contributed by atoms with van der Waals surface area (Å²) < 4.78 is 39.3. The first-order valence-corrected chi connectivity index (χ1v) is 7.66. The lowest BCUT2D eigenvalue weighted by Crippen LogP contribution is -2.16. The molecule has 0 aliphatic heterocycles. The van der Waals surface area contributed by atoms with E-state index in [4.69, 9.17) is 23.2 Å². The van der Waals surface area contributed by atoms with Crippen molar-refractivity contribution in [1.29, 1.82) is 0 Å². The topological polar surface area (TPSA) is 54.9 Å². The molecule has 2 aromatic rings. The molecule has 0 saturated heterocycles. The summed E-state index contributed by atoms with van der Waals surface area (Å²) in [5.41, 5.74) is -0.729. The van der Waals surface area contributed by atoms with Gasteiger partial charge in [0, 0.05) is 17.0 Å². The van der Waals surface area contributed by atoms with Crippen LogP contribution in [0.2, 0.25) is 10.2 Å². The Morgan fingerprint density at radius 1 is 1.21 bits per heavy atom. The van der Waals surface area contributed by atoms with Crippen LogP contribution in [0.15, 0.2) is 30.6 Å². The maximum Gasteiger partial charge on any atom is 0.416 e. The molecule has 24 heavy (non-hydrogen) atoms. The van der Waals surface area contributed by atoms with Gasteiger partial charge in [-0.3, -0.25) is 4.79 Å². The number of nitrogens with one attached hydrogen (secondary N) is 1. The monoisotopic (exact) mass is 375 g/mol. The average molecular weight is 376 g/mol. The largest absolute Gasteiger partial charge is 0.416 e. The van der Waals surface area contributed by atoms with Crippen LogP contribution in [0.4, 0.5) is 19.0 Å². The third kappa shape index (κ3) is 3.62. The maximum atomic E-state index is 13.1. The average Bonchev–Trinajstić information content (AvgIpc) is 3.26. The highest BCUT2D eigenvalue weighted by Gasteiger charge is 2.48. The Balaban J connectivity index is 1.78. The van der Waals surface area contributed by atoms with Crippen LogP contribution < -0.4 is 5.32 Å². The van der Waals surface area contributed by atoms with Crippen LogP contribution >= 0.6 is 23.2 Å². The molecule has 9 heteroatoms. The van der Waals surface area contributed by atoms with Crippen LogP contribution in [0.1, 0.15) is 23.5 Å². The second-order valence-corrected chi connectivity index (χ2v) is 6.22. The molecule has 1 amide bonds. The Bertz CT molecular complexity index is 798. The summed E-state index contributed by atoms with van der Waals surface area (Å²) in [5, 5.41) is 2.88. The van der Waals surface area contributed by atoms with Crippen LogP contribution in [0.3, 0.4) is 0 Å². The molecule has 126 valence electrons. The van der Waals surface area contributed by atoms with Crippen molar-refractivity contribution in [2.24, 2.45) is 5.92 Å². The Kier molecular flexibility index (Phi) is 4.40. The van der Waals surface area contributed by atoms with E-state index in [9.17, 15) is 18.0 Å². The highest BCUT2D eigenvalue weighted by Crippen LogP contribution is 2.51. The number of halogens is 5. The lowest BCUT2D eigenvalue weighted by atomic mass is 10.0. The number of nitrogens with zero attached hydrogens (tertiary/aromatic N) is 2. The first-order valence-electron chi connectivity index (χ1n) is 6.91. The van der Waals surface area contributed by atoms with Gasteiger partial charge in [0.05, 0.1) is 5.56 Å². The van der Waals surface area contributed by atoms with E-state index in [2.05, 4.69) is 15.3 Å². The molecule has 1 aliphatic carbocycles. The number of amides is 1.